The molecule has 1 nitrogen and oxygen atoms in total. The van der Waals surface area contributed by atoms with Gasteiger partial charge in [-0.15, -0.1) is 11.3 Å². The van der Waals surface area contributed by atoms with E-state index in [-0.39, 0.29) is 0 Å². The summed E-state index contributed by atoms with van der Waals surface area (Å²) in [6.07, 6.45) is -0.758. The molecule has 1 N–H and O–H groups in total. The van der Waals surface area contributed by atoms with Crippen molar-refractivity contribution in [2.24, 2.45) is 0 Å². The van der Waals surface area contributed by atoms with Crippen LogP contribution in [0.15, 0.2) is 60.7 Å². The van der Waals surface area contributed by atoms with Gasteiger partial charge in [0, 0.05) is 5.56 Å². The van der Waals surface area contributed by atoms with Crippen LogP contribution in [0.25, 0.3) is 11.1 Å². The third-order valence-electron chi connectivity index (χ3n) is 3.31. The fraction of sp³-hybridized carbons (Fsp3) is 0.0588. The number of rotatable bonds is 3. The summed E-state index contributed by atoms with van der Waals surface area (Å²) in [7, 11) is 0. The first-order chi connectivity index (χ1) is 10.1. The first-order valence-electron chi connectivity index (χ1n) is 6.43. The summed E-state index contributed by atoms with van der Waals surface area (Å²) < 4.78 is 1.11. The molecule has 0 spiro atoms. The van der Waals surface area contributed by atoms with Crippen molar-refractivity contribution in [3.8, 4) is 11.1 Å². The van der Waals surface area contributed by atoms with Gasteiger partial charge in [-0.2, -0.15) is 0 Å². The van der Waals surface area contributed by atoms with Crippen LogP contribution in [0.5, 0.6) is 0 Å². The quantitative estimate of drug-likeness (QED) is 0.641. The number of aliphatic hydroxyl groups is 1. The van der Waals surface area contributed by atoms with Gasteiger partial charge in [0.2, 0.25) is 0 Å². The number of hydrogen-bond donors (Lipinski definition) is 1. The van der Waals surface area contributed by atoms with E-state index in [1.54, 1.807) is 6.07 Å². The van der Waals surface area contributed by atoms with Crippen LogP contribution in [0.1, 0.15) is 17.2 Å². The summed E-state index contributed by atoms with van der Waals surface area (Å²) in [6.45, 7) is 0. The minimum Gasteiger partial charge on any atom is -0.384 e. The van der Waals surface area contributed by atoms with Crippen molar-refractivity contribution in [1.82, 2.24) is 0 Å². The lowest BCUT2D eigenvalue weighted by atomic mass is 10.00. The SMILES string of the molecule is OC(c1ccc(-c2ccccc2)cc1)c1cc(Cl)sc1Cl. The molecule has 1 unspecified atom stereocenters. The van der Waals surface area contributed by atoms with E-state index >= 15 is 0 Å². The molecule has 0 aliphatic carbocycles. The predicted molar refractivity (Wildman–Crippen MR) is 90.3 cm³/mol. The topological polar surface area (TPSA) is 20.2 Å². The van der Waals surface area contributed by atoms with E-state index < -0.39 is 6.10 Å². The fourth-order valence-corrected chi connectivity index (χ4v) is 3.73. The monoisotopic (exact) mass is 334 g/mol. The Hall–Kier alpha value is -1.32. The smallest absolute Gasteiger partial charge is 0.106 e. The second-order valence-electron chi connectivity index (χ2n) is 4.67. The fourth-order valence-electron chi connectivity index (χ4n) is 2.21. The number of halogens is 2. The van der Waals surface area contributed by atoms with E-state index in [0.717, 1.165) is 16.7 Å². The third kappa shape index (κ3) is 3.14. The third-order valence-corrected chi connectivity index (χ3v) is 4.83. The van der Waals surface area contributed by atoms with E-state index in [1.165, 1.54) is 11.3 Å². The highest BCUT2D eigenvalue weighted by molar-refractivity contribution is 7.20. The van der Waals surface area contributed by atoms with Gasteiger partial charge >= 0.3 is 0 Å². The van der Waals surface area contributed by atoms with Gasteiger partial charge in [0.1, 0.15) is 10.4 Å². The zero-order valence-electron chi connectivity index (χ0n) is 11.0. The summed E-state index contributed by atoms with van der Waals surface area (Å²) in [4.78, 5) is 0. The van der Waals surface area contributed by atoms with Gasteiger partial charge in [-0.25, -0.2) is 0 Å². The van der Waals surface area contributed by atoms with Crippen molar-refractivity contribution in [3.63, 3.8) is 0 Å². The molecule has 1 atom stereocenters. The Morgan fingerprint density at radius 1 is 0.857 bits per heavy atom. The molecule has 0 saturated carbocycles. The standard InChI is InChI=1S/C17H12Cl2OS/c18-15-10-14(17(19)21-15)16(20)13-8-6-12(7-9-13)11-4-2-1-3-5-11/h1-10,16,20H. The molecule has 0 aliphatic heterocycles. The van der Waals surface area contributed by atoms with Crippen LogP contribution in [-0.2, 0) is 0 Å². The van der Waals surface area contributed by atoms with Gasteiger partial charge in [0.05, 0.1) is 4.34 Å². The molecule has 0 saturated heterocycles. The van der Waals surface area contributed by atoms with Crippen LogP contribution in [0, 0.1) is 0 Å². The molecule has 0 aliphatic rings. The Bertz CT molecular complexity index is 735. The van der Waals surface area contributed by atoms with E-state index in [9.17, 15) is 5.11 Å². The molecule has 0 radical (unpaired) electrons. The largest absolute Gasteiger partial charge is 0.384 e. The maximum atomic E-state index is 10.4. The normalized spacial score (nSPS) is 12.3. The highest BCUT2D eigenvalue weighted by atomic mass is 35.5. The Morgan fingerprint density at radius 3 is 2.05 bits per heavy atom. The van der Waals surface area contributed by atoms with Crippen LogP contribution in [-0.4, -0.2) is 5.11 Å². The van der Waals surface area contributed by atoms with Crippen molar-refractivity contribution < 1.29 is 5.11 Å². The van der Waals surface area contributed by atoms with Crippen LogP contribution in [0.2, 0.25) is 8.67 Å². The van der Waals surface area contributed by atoms with Crippen molar-refractivity contribution in [2.75, 3.05) is 0 Å². The zero-order chi connectivity index (χ0) is 14.8. The maximum absolute atomic E-state index is 10.4. The van der Waals surface area contributed by atoms with Gasteiger partial charge < -0.3 is 5.11 Å². The zero-order valence-corrected chi connectivity index (χ0v) is 13.3. The van der Waals surface area contributed by atoms with E-state index in [4.69, 9.17) is 23.2 Å². The molecule has 3 aromatic rings. The van der Waals surface area contributed by atoms with E-state index in [2.05, 4.69) is 12.1 Å². The maximum Gasteiger partial charge on any atom is 0.106 e. The van der Waals surface area contributed by atoms with Gasteiger partial charge in [0.25, 0.3) is 0 Å². The lowest BCUT2D eigenvalue weighted by Gasteiger charge is -2.11. The summed E-state index contributed by atoms with van der Waals surface area (Å²) in [5.41, 5.74) is 3.71. The van der Waals surface area contributed by atoms with Gasteiger partial charge in [-0.05, 0) is 22.8 Å². The second-order valence-corrected chi connectivity index (χ2v) is 6.96. The molecule has 4 heteroatoms. The van der Waals surface area contributed by atoms with Crippen molar-refractivity contribution in [3.05, 3.63) is 80.5 Å². The molecular weight excluding hydrogens is 323 g/mol. The summed E-state index contributed by atoms with van der Waals surface area (Å²) in [5.74, 6) is 0. The van der Waals surface area contributed by atoms with Gasteiger partial charge in [-0.1, -0.05) is 77.8 Å². The van der Waals surface area contributed by atoms with Crippen LogP contribution in [0.4, 0.5) is 0 Å². The first-order valence-corrected chi connectivity index (χ1v) is 8.00. The van der Waals surface area contributed by atoms with E-state index in [1.807, 2.05) is 42.5 Å². The van der Waals surface area contributed by atoms with Crippen LogP contribution < -0.4 is 0 Å². The van der Waals surface area contributed by atoms with Gasteiger partial charge in [-0.3, -0.25) is 0 Å². The summed E-state index contributed by atoms with van der Waals surface area (Å²) >= 11 is 13.3. The minimum absolute atomic E-state index is 0.527. The molecule has 0 fully saturated rings. The Labute approximate surface area is 137 Å². The predicted octanol–water partition coefficient (Wildman–Crippen LogP) is 5.80. The van der Waals surface area contributed by atoms with Crippen molar-refractivity contribution >= 4 is 34.5 Å². The molecule has 2 aromatic carbocycles. The van der Waals surface area contributed by atoms with Crippen molar-refractivity contribution in [2.45, 2.75) is 6.10 Å². The average Bonchev–Trinajstić information content (AvgIpc) is 2.86. The molecule has 1 aromatic heterocycles. The van der Waals surface area contributed by atoms with Crippen LogP contribution >= 0.6 is 34.5 Å². The molecule has 21 heavy (non-hydrogen) atoms. The first kappa shape index (κ1) is 14.6. The minimum atomic E-state index is -0.758. The molecule has 0 bridgehead atoms. The van der Waals surface area contributed by atoms with Gasteiger partial charge in [0.15, 0.2) is 0 Å². The second kappa shape index (κ2) is 6.20. The Kier molecular flexibility index (Phi) is 4.32. The van der Waals surface area contributed by atoms with E-state index in [0.29, 0.717) is 14.2 Å². The number of benzene rings is 2. The Morgan fingerprint density at radius 2 is 1.48 bits per heavy atom. The number of hydrogen-bond acceptors (Lipinski definition) is 2. The highest BCUT2D eigenvalue weighted by Crippen LogP contribution is 2.37. The lowest BCUT2D eigenvalue weighted by molar-refractivity contribution is 0.221. The molecule has 106 valence electrons. The average molecular weight is 335 g/mol. The summed E-state index contributed by atoms with van der Waals surface area (Å²) in [5, 5.41) is 10.4. The lowest BCUT2D eigenvalue weighted by Crippen LogP contribution is -1.98. The number of thiophene rings is 1. The van der Waals surface area contributed by atoms with Crippen molar-refractivity contribution in [1.29, 1.82) is 0 Å². The van der Waals surface area contributed by atoms with Crippen LogP contribution in [0.3, 0.4) is 0 Å². The molecular formula is C17H12Cl2OS. The Balaban J connectivity index is 1.89. The number of aliphatic hydroxyl groups excluding tert-OH is 1. The molecule has 1 heterocycles. The highest BCUT2D eigenvalue weighted by Gasteiger charge is 2.17. The molecule has 0 amide bonds. The summed E-state index contributed by atoms with van der Waals surface area (Å²) in [6, 6.07) is 19.6. The molecule has 3 rings (SSSR count).